The molecule has 20 heavy (non-hydrogen) atoms. The molecule has 108 valence electrons. The van der Waals surface area contributed by atoms with Gasteiger partial charge in [0, 0.05) is 5.56 Å². The van der Waals surface area contributed by atoms with E-state index in [9.17, 15) is 24.6 Å². The van der Waals surface area contributed by atoms with Crippen molar-refractivity contribution >= 4 is 17.8 Å². The quantitative estimate of drug-likeness (QED) is 0.371. The van der Waals surface area contributed by atoms with E-state index in [1.165, 1.54) is 0 Å². The molecule has 1 rings (SSSR count). The minimum Gasteiger partial charge on any atom is -0.504 e. The van der Waals surface area contributed by atoms with Gasteiger partial charge < -0.3 is 31.5 Å². The smallest absolute Gasteiger partial charge is 0.326 e. The van der Waals surface area contributed by atoms with Crippen molar-refractivity contribution in [2.24, 2.45) is 5.73 Å². The Balaban J connectivity index is 2.95. The van der Waals surface area contributed by atoms with E-state index >= 15 is 0 Å². The fraction of sp³-hybridized carbons (Fsp3) is 0.182. The summed E-state index contributed by atoms with van der Waals surface area (Å²) in [6, 6.07) is 0.110. The Hall–Kier alpha value is -2.97. The van der Waals surface area contributed by atoms with Gasteiger partial charge in [0.25, 0.3) is 5.91 Å². The molecule has 1 aromatic rings. The summed E-state index contributed by atoms with van der Waals surface area (Å²) in [6.07, 6.45) is -0.614. The number of amides is 2. The molecule has 9 nitrogen and oxygen atoms in total. The number of aromatic hydroxyl groups is 3. The normalized spacial score (nSPS) is 11.6. The van der Waals surface area contributed by atoms with Crippen molar-refractivity contribution in [1.29, 1.82) is 0 Å². The summed E-state index contributed by atoms with van der Waals surface area (Å²) >= 11 is 0. The second kappa shape index (κ2) is 5.78. The van der Waals surface area contributed by atoms with Crippen LogP contribution in [0, 0.1) is 0 Å². The van der Waals surface area contributed by atoms with Crippen LogP contribution in [-0.2, 0) is 9.59 Å². The summed E-state index contributed by atoms with van der Waals surface area (Å²) in [5, 5.41) is 38.4. The van der Waals surface area contributed by atoms with Crippen LogP contribution in [0.4, 0.5) is 0 Å². The molecule has 9 heteroatoms. The van der Waals surface area contributed by atoms with Crippen LogP contribution in [0.15, 0.2) is 12.1 Å². The topological polar surface area (TPSA) is 170 Å². The lowest BCUT2D eigenvalue weighted by molar-refractivity contribution is -0.140. The molecule has 0 saturated heterocycles. The first kappa shape index (κ1) is 15.1. The number of phenols is 3. The molecule has 0 radical (unpaired) electrons. The summed E-state index contributed by atoms with van der Waals surface area (Å²) in [5.74, 6) is -5.68. The Bertz CT molecular complexity index is 547. The largest absolute Gasteiger partial charge is 0.504 e. The number of carbonyl (C=O) groups excluding carboxylic acids is 2. The van der Waals surface area contributed by atoms with Crippen molar-refractivity contribution in [3.8, 4) is 17.2 Å². The van der Waals surface area contributed by atoms with Gasteiger partial charge in [0.1, 0.15) is 6.04 Å². The van der Waals surface area contributed by atoms with Gasteiger partial charge >= 0.3 is 5.97 Å². The van der Waals surface area contributed by atoms with Gasteiger partial charge in [-0.15, -0.1) is 0 Å². The number of phenolic OH excluding ortho intramolecular Hbond substituents is 3. The van der Waals surface area contributed by atoms with E-state index in [0.29, 0.717) is 0 Å². The molecule has 2 amide bonds. The number of primary amides is 1. The Morgan fingerprint density at radius 2 is 1.65 bits per heavy atom. The maximum atomic E-state index is 11.7. The molecule has 0 aromatic heterocycles. The standard InChI is InChI=1S/C11H12N2O7/c12-8(16)3-5(11(19)20)13-10(18)4-1-6(14)9(17)7(15)2-4/h1-2,5,14-15,17H,3H2,(H2,12,16)(H,13,18)(H,19,20). The third-order valence-corrected chi connectivity index (χ3v) is 2.34. The average molecular weight is 284 g/mol. The van der Waals surface area contributed by atoms with Crippen LogP contribution in [0.25, 0.3) is 0 Å². The molecule has 0 spiro atoms. The van der Waals surface area contributed by atoms with Crippen LogP contribution in [0.2, 0.25) is 0 Å². The molecule has 0 aliphatic carbocycles. The van der Waals surface area contributed by atoms with E-state index in [2.05, 4.69) is 0 Å². The van der Waals surface area contributed by atoms with E-state index in [1.807, 2.05) is 5.32 Å². The Kier molecular flexibility index (Phi) is 4.36. The lowest BCUT2D eigenvalue weighted by Gasteiger charge is -2.13. The molecule has 1 aromatic carbocycles. The summed E-state index contributed by atoms with van der Waals surface area (Å²) in [4.78, 5) is 33.2. The van der Waals surface area contributed by atoms with E-state index in [4.69, 9.17) is 15.9 Å². The summed E-state index contributed by atoms with van der Waals surface area (Å²) in [7, 11) is 0. The number of carboxylic acids is 1. The van der Waals surface area contributed by atoms with Gasteiger partial charge in [-0.25, -0.2) is 4.79 Å². The zero-order valence-corrected chi connectivity index (χ0v) is 10.0. The Morgan fingerprint density at radius 1 is 1.15 bits per heavy atom. The second-order valence-corrected chi connectivity index (χ2v) is 3.90. The van der Waals surface area contributed by atoms with Crippen molar-refractivity contribution in [3.63, 3.8) is 0 Å². The highest BCUT2D eigenvalue weighted by molar-refractivity contribution is 5.98. The number of benzene rings is 1. The van der Waals surface area contributed by atoms with Crippen molar-refractivity contribution in [2.45, 2.75) is 12.5 Å². The number of rotatable bonds is 5. The summed E-state index contributed by atoms with van der Waals surface area (Å²) in [5.41, 5.74) is 4.55. The molecule has 0 fully saturated rings. The maximum Gasteiger partial charge on any atom is 0.326 e. The average Bonchev–Trinajstić information content (AvgIpc) is 2.33. The number of carboxylic acid groups (broad SMARTS) is 1. The summed E-state index contributed by atoms with van der Waals surface area (Å²) in [6.45, 7) is 0. The highest BCUT2D eigenvalue weighted by Gasteiger charge is 2.23. The third-order valence-electron chi connectivity index (χ3n) is 2.34. The lowest BCUT2D eigenvalue weighted by atomic mass is 10.1. The number of hydrogen-bond acceptors (Lipinski definition) is 6. The molecule has 0 aliphatic rings. The van der Waals surface area contributed by atoms with Crippen LogP contribution in [0.5, 0.6) is 17.2 Å². The molecule has 0 saturated carbocycles. The molecule has 0 heterocycles. The predicted octanol–water partition coefficient (Wildman–Crippen LogP) is -1.14. The van der Waals surface area contributed by atoms with Gasteiger partial charge in [0.2, 0.25) is 5.91 Å². The molecule has 0 aliphatic heterocycles. The van der Waals surface area contributed by atoms with Crippen LogP contribution < -0.4 is 11.1 Å². The molecule has 1 atom stereocenters. The molecular weight excluding hydrogens is 272 g/mol. The van der Waals surface area contributed by atoms with Crippen molar-refractivity contribution in [3.05, 3.63) is 17.7 Å². The van der Waals surface area contributed by atoms with E-state index in [1.54, 1.807) is 0 Å². The van der Waals surface area contributed by atoms with E-state index in [-0.39, 0.29) is 5.56 Å². The number of nitrogens with two attached hydrogens (primary N) is 1. The Morgan fingerprint density at radius 3 is 2.05 bits per heavy atom. The van der Waals surface area contributed by atoms with Crippen molar-refractivity contribution in [1.82, 2.24) is 5.32 Å². The first-order valence-corrected chi connectivity index (χ1v) is 5.29. The highest BCUT2D eigenvalue weighted by atomic mass is 16.4. The SMILES string of the molecule is NC(=O)CC(NC(=O)c1cc(O)c(O)c(O)c1)C(=O)O. The monoisotopic (exact) mass is 284 g/mol. The van der Waals surface area contributed by atoms with Gasteiger partial charge in [0.05, 0.1) is 6.42 Å². The summed E-state index contributed by atoms with van der Waals surface area (Å²) < 4.78 is 0. The number of carbonyl (C=O) groups is 3. The zero-order chi connectivity index (χ0) is 15.4. The van der Waals surface area contributed by atoms with Crippen LogP contribution in [0.1, 0.15) is 16.8 Å². The highest BCUT2D eigenvalue weighted by Crippen LogP contribution is 2.35. The van der Waals surface area contributed by atoms with Gasteiger partial charge in [-0.3, -0.25) is 9.59 Å². The van der Waals surface area contributed by atoms with Crippen LogP contribution in [-0.4, -0.2) is 44.3 Å². The Labute approximate surface area is 112 Å². The number of aliphatic carboxylic acids is 1. The first-order chi connectivity index (χ1) is 9.22. The first-order valence-electron chi connectivity index (χ1n) is 5.29. The van der Waals surface area contributed by atoms with Gasteiger partial charge in [-0.1, -0.05) is 0 Å². The minimum absolute atomic E-state index is 0.298. The predicted molar refractivity (Wildman–Crippen MR) is 64.1 cm³/mol. The molecular formula is C11H12N2O7. The molecule has 7 N–H and O–H groups in total. The van der Waals surface area contributed by atoms with E-state index in [0.717, 1.165) is 12.1 Å². The zero-order valence-electron chi connectivity index (χ0n) is 10.0. The van der Waals surface area contributed by atoms with Crippen LogP contribution >= 0.6 is 0 Å². The molecule has 0 bridgehead atoms. The van der Waals surface area contributed by atoms with Crippen molar-refractivity contribution < 1.29 is 34.8 Å². The maximum absolute atomic E-state index is 11.7. The van der Waals surface area contributed by atoms with Crippen molar-refractivity contribution in [2.75, 3.05) is 0 Å². The minimum atomic E-state index is -1.54. The third kappa shape index (κ3) is 3.51. The molecule has 1 unspecified atom stereocenters. The number of nitrogens with one attached hydrogen (secondary N) is 1. The van der Waals surface area contributed by atoms with Gasteiger partial charge in [-0.2, -0.15) is 0 Å². The number of hydrogen-bond donors (Lipinski definition) is 6. The van der Waals surface area contributed by atoms with Gasteiger partial charge in [-0.05, 0) is 12.1 Å². The second-order valence-electron chi connectivity index (χ2n) is 3.90. The van der Waals surface area contributed by atoms with Crippen LogP contribution in [0.3, 0.4) is 0 Å². The fourth-order valence-corrected chi connectivity index (χ4v) is 1.38. The fourth-order valence-electron chi connectivity index (χ4n) is 1.38. The van der Waals surface area contributed by atoms with Gasteiger partial charge in [0.15, 0.2) is 17.2 Å². The lowest BCUT2D eigenvalue weighted by Crippen LogP contribution is -2.43. The van der Waals surface area contributed by atoms with E-state index < -0.39 is 47.5 Å².